The van der Waals surface area contributed by atoms with Crippen molar-refractivity contribution < 1.29 is 29.9 Å². The summed E-state index contributed by atoms with van der Waals surface area (Å²) < 4.78 is 10.6. The molecular weight excluding hydrogens is 288 g/mol. The van der Waals surface area contributed by atoms with Gasteiger partial charge in [-0.25, -0.2) is 0 Å². The lowest BCUT2D eigenvalue weighted by atomic mass is 10.1. The van der Waals surface area contributed by atoms with Crippen LogP contribution in [0.15, 0.2) is 0 Å². The van der Waals surface area contributed by atoms with Gasteiger partial charge in [-0.2, -0.15) is 0 Å². The van der Waals surface area contributed by atoms with Gasteiger partial charge in [0.25, 0.3) is 0 Å². The van der Waals surface area contributed by atoms with Crippen LogP contribution in [-0.2, 0) is 9.47 Å². The standard InChI is InChI=1S/C16H34O6/c17-11-15(12-18)21-9-7-5-3-1-2-4-6-8-10-22-16(13-19)14-20/h15-20H,1-14H2. The zero-order chi connectivity index (χ0) is 16.5. The summed E-state index contributed by atoms with van der Waals surface area (Å²) in [5.41, 5.74) is 0. The second-order valence-corrected chi connectivity index (χ2v) is 5.54. The van der Waals surface area contributed by atoms with Crippen molar-refractivity contribution in [1.29, 1.82) is 0 Å². The molecule has 4 N–H and O–H groups in total. The largest absolute Gasteiger partial charge is 0.394 e. The number of hydrogen-bond donors (Lipinski definition) is 4. The Morgan fingerprint density at radius 1 is 0.455 bits per heavy atom. The van der Waals surface area contributed by atoms with Gasteiger partial charge in [-0.05, 0) is 12.8 Å². The first kappa shape index (κ1) is 21.8. The van der Waals surface area contributed by atoms with E-state index in [0.29, 0.717) is 13.2 Å². The number of aliphatic hydroxyl groups excluding tert-OH is 4. The zero-order valence-corrected chi connectivity index (χ0v) is 13.7. The molecule has 0 bridgehead atoms. The van der Waals surface area contributed by atoms with Gasteiger partial charge in [-0.1, -0.05) is 38.5 Å². The molecule has 0 aliphatic carbocycles. The Morgan fingerprint density at radius 3 is 1.00 bits per heavy atom. The third kappa shape index (κ3) is 13.4. The van der Waals surface area contributed by atoms with Crippen molar-refractivity contribution in [3.05, 3.63) is 0 Å². The van der Waals surface area contributed by atoms with Crippen molar-refractivity contribution in [1.82, 2.24) is 0 Å². The number of aliphatic hydroxyl groups is 4. The van der Waals surface area contributed by atoms with Crippen LogP contribution in [0, 0.1) is 0 Å². The Labute approximate surface area is 134 Å². The predicted molar refractivity (Wildman–Crippen MR) is 84.8 cm³/mol. The third-order valence-corrected chi connectivity index (χ3v) is 3.56. The van der Waals surface area contributed by atoms with Gasteiger partial charge in [0.2, 0.25) is 0 Å². The molecule has 0 atom stereocenters. The van der Waals surface area contributed by atoms with Crippen LogP contribution in [0.25, 0.3) is 0 Å². The molecule has 0 radical (unpaired) electrons. The zero-order valence-electron chi connectivity index (χ0n) is 13.7. The van der Waals surface area contributed by atoms with E-state index in [1.165, 1.54) is 25.7 Å². The summed E-state index contributed by atoms with van der Waals surface area (Å²) in [5.74, 6) is 0. The van der Waals surface area contributed by atoms with E-state index in [2.05, 4.69) is 0 Å². The highest BCUT2D eigenvalue weighted by atomic mass is 16.5. The average Bonchev–Trinajstić information content (AvgIpc) is 2.55. The van der Waals surface area contributed by atoms with E-state index in [1.54, 1.807) is 0 Å². The third-order valence-electron chi connectivity index (χ3n) is 3.56. The van der Waals surface area contributed by atoms with E-state index in [9.17, 15) is 0 Å². The highest BCUT2D eigenvalue weighted by Gasteiger charge is 2.05. The Balaban J connectivity index is 3.14. The fourth-order valence-electron chi connectivity index (χ4n) is 2.09. The molecule has 6 nitrogen and oxygen atoms in total. The molecule has 22 heavy (non-hydrogen) atoms. The van der Waals surface area contributed by atoms with Crippen molar-refractivity contribution in [3.8, 4) is 0 Å². The molecule has 0 aliphatic heterocycles. The number of unbranched alkanes of at least 4 members (excludes halogenated alkanes) is 7. The van der Waals surface area contributed by atoms with E-state index < -0.39 is 12.2 Å². The van der Waals surface area contributed by atoms with Crippen molar-refractivity contribution in [2.75, 3.05) is 39.6 Å². The van der Waals surface area contributed by atoms with E-state index in [1.807, 2.05) is 0 Å². The molecular formula is C16H34O6. The van der Waals surface area contributed by atoms with Gasteiger partial charge in [0, 0.05) is 13.2 Å². The molecule has 134 valence electrons. The van der Waals surface area contributed by atoms with E-state index in [-0.39, 0.29) is 26.4 Å². The first-order valence-electron chi connectivity index (χ1n) is 8.45. The van der Waals surface area contributed by atoms with Crippen LogP contribution in [0.4, 0.5) is 0 Å². The minimum Gasteiger partial charge on any atom is -0.394 e. The summed E-state index contributed by atoms with van der Waals surface area (Å²) in [5, 5.41) is 35.3. The molecule has 0 saturated carbocycles. The van der Waals surface area contributed by atoms with Crippen LogP contribution in [0.2, 0.25) is 0 Å². The predicted octanol–water partition coefficient (Wildman–Crippen LogP) is 0.847. The van der Waals surface area contributed by atoms with Crippen LogP contribution >= 0.6 is 0 Å². The van der Waals surface area contributed by atoms with E-state index in [0.717, 1.165) is 25.7 Å². The lowest BCUT2D eigenvalue weighted by Gasteiger charge is -2.12. The van der Waals surface area contributed by atoms with Crippen LogP contribution in [0.5, 0.6) is 0 Å². The van der Waals surface area contributed by atoms with Crippen LogP contribution in [-0.4, -0.2) is 72.3 Å². The normalized spacial score (nSPS) is 11.7. The van der Waals surface area contributed by atoms with Crippen molar-refractivity contribution in [2.45, 2.75) is 63.6 Å². The number of ether oxygens (including phenoxy) is 2. The van der Waals surface area contributed by atoms with Crippen molar-refractivity contribution in [3.63, 3.8) is 0 Å². The first-order valence-corrected chi connectivity index (χ1v) is 8.45. The topological polar surface area (TPSA) is 99.4 Å². The van der Waals surface area contributed by atoms with Gasteiger partial charge in [0.05, 0.1) is 26.4 Å². The van der Waals surface area contributed by atoms with Gasteiger partial charge < -0.3 is 29.9 Å². The van der Waals surface area contributed by atoms with Gasteiger partial charge in [0.1, 0.15) is 12.2 Å². The molecule has 0 saturated heterocycles. The Bertz CT molecular complexity index is 185. The monoisotopic (exact) mass is 322 g/mol. The molecule has 0 aromatic carbocycles. The number of hydrogen-bond acceptors (Lipinski definition) is 6. The van der Waals surface area contributed by atoms with Crippen molar-refractivity contribution >= 4 is 0 Å². The van der Waals surface area contributed by atoms with Crippen LogP contribution in [0.1, 0.15) is 51.4 Å². The van der Waals surface area contributed by atoms with Gasteiger partial charge in [0.15, 0.2) is 0 Å². The first-order chi connectivity index (χ1) is 10.8. The van der Waals surface area contributed by atoms with E-state index in [4.69, 9.17) is 29.9 Å². The minimum absolute atomic E-state index is 0.127. The molecule has 0 aliphatic rings. The van der Waals surface area contributed by atoms with Gasteiger partial charge in [-0.3, -0.25) is 0 Å². The SMILES string of the molecule is OCC(CO)OCCCCCCCCCCOC(CO)CO. The summed E-state index contributed by atoms with van der Waals surface area (Å²) in [6, 6.07) is 0. The lowest BCUT2D eigenvalue weighted by molar-refractivity contribution is -0.0210. The molecule has 0 spiro atoms. The molecule has 0 amide bonds. The summed E-state index contributed by atoms with van der Waals surface area (Å²) in [6.45, 7) is 0.685. The van der Waals surface area contributed by atoms with Gasteiger partial charge in [-0.15, -0.1) is 0 Å². The van der Waals surface area contributed by atoms with Crippen molar-refractivity contribution in [2.24, 2.45) is 0 Å². The maximum atomic E-state index is 8.83. The maximum absolute atomic E-state index is 8.83. The fraction of sp³-hybridized carbons (Fsp3) is 1.00. The van der Waals surface area contributed by atoms with E-state index >= 15 is 0 Å². The fourth-order valence-corrected chi connectivity index (χ4v) is 2.09. The Kier molecular flexibility index (Phi) is 16.9. The Hall–Kier alpha value is -0.240. The molecule has 0 aromatic heterocycles. The Morgan fingerprint density at radius 2 is 0.727 bits per heavy atom. The molecule has 0 rings (SSSR count). The highest BCUT2D eigenvalue weighted by Crippen LogP contribution is 2.09. The molecule has 6 heteroatoms. The van der Waals surface area contributed by atoms with Gasteiger partial charge >= 0.3 is 0 Å². The quantitative estimate of drug-likeness (QED) is 0.296. The van der Waals surface area contributed by atoms with Crippen LogP contribution in [0.3, 0.4) is 0 Å². The molecule has 0 heterocycles. The smallest absolute Gasteiger partial charge is 0.104 e. The summed E-state index contributed by atoms with van der Waals surface area (Å²) in [6.07, 6.45) is 8.07. The summed E-state index contributed by atoms with van der Waals surface area (Å²) in [7, 11) is 0. The maximum Gasteiger partial charge on any atom is 0.104 e. The second kappa shape index (κ2) is 17.1. The number of rotatable bonds is 17. The molecule has 0 unspecified atom stereocenters. The second-order valence-electron chi connectivity index (χ2n) is 5.54. The highest BCUT2D eigenvalue weighted by molar-refractivity contribution is 4.53. The average molecular weight is 322 g/mol. The summed E-state index contributed by atoms with van der Waals surface area (Å²) >= 11 is 0. The minimum atomic E-state index is -0.432. The molecule has 0 aromatic rings. The van der Waals surface area contributed by atoms with Crippen LogP contribution < -0.4 is 0 Å². The lowest BCUT2D eigenvalue weighted by Crippen LogP contribution is -2.22. The summed E-state index contributed by atoms with van der Waals surface area (Å²) in [4.78, 5) is 0. The molecule has 0 fully saturated rings.